The highest BCUT2D eigenvalue weighted by Crippen LogP contribution is 2.31. The van der Waals surface area contributed by atoms with Gasteiger partial charge in [0.25, 0.3) is 0 Å². The van der Waals surface area contributed by atoms with Crippen molar-refractivity contribution in [3.63, 3.8) is 0 Å². The smallest absolute Gasteiger partial charge is 0.338 e. The maximum atomic E-state index is 13.8. The van der Waals surface area contributed by atoms with Crippen LogP contribution in [0.1, 0.15) is 67.1 Å². The molecule has 6 rings (SSSR count). The van der Waals surface area contributed by atoms with Gasteiger partial charge in [-0.3, -0.25) is 0 Å². The van der Waals surface area contributed by atoms with Crippen molar-refractivity contribution in [2.45, 2.75) is 68.4 Å². The van der Waals surface area contributed by atoms with Crippen molar-refractivity contribution in [1.29, 1.82) is 0 Å². The molecule has 1 saturated heterocycles. The first kappa shape index (κ1) is 38.1. The third-order valence-electron chi connectivity index (χ3n) is 9.19. The van der Waals surface area contributed by atoms with Gasteiger partial charge in [-0.15, -0.1) is 0 Å². The number of thiocarbonyl (C=S) groups is 1. The molecular formula is C41H41N3O9S. The number of carbonyl (C=O) groups is 4. The summed E-state index contributed by atoms with van der Waals surface area (Å²) in [5, 5.41) is 6.47. The summed E-state index contributed by atoms with van der Waals surface area (Å²) < 4.78 is 30.5. The summed E-state index contributed by atoms with van der Waals surface area (Å²) in [5.74, 6) is -3.02. The third-order valence-corrected chi connectivity index (χ3v) is 9.42. The van der Waals surface area contributed by atoms with Gasteiger partial charge in [0.2, 0.25) is 0 Å². The summed E-state index contributed by atoms with van der Waals surface area (Å²) in [6.45, 7) is -0.453. The van der Waals surface area contributed by atoms with Crippen molar-refractivity contribution in [2.24, 2.45) is 5.73 Å². The fourth-order valence-electron chi connectivity index (χ4n) is 6.36. The highest BCUT2D eigenvalue weighted by Gasteiger charge is 2.53. The summed E-state index contributed by atoms with van der Waals surface area (Å²) >= 11 is 5.73. The third kappa shape index (κ3) is 9.86. The molecule has 1 heterocycles. The molecule has 0 aromatic heterocycles. The van der Waals surface area contributed by atoms with Crippen LogP contribution >= 0.6 is 12.2 Å². The molecule has 2 aliphatic rings. The van der Waals surface area contributed by atoms with E-state index < -0.39 is 61.1 Å². The van der Waals surface area contributed by atoms with E-state index in [-0.39, 0.29) is 39.4 Å². The predicted molar refractivity (Wildman–Crippen MR) is 201 cm³/mol. The molecule has 0 bridgehead atoms. The van der Waals surface area contributed by atoms with E-state index >= 15 is 0 Å². The standard InChI is InChI=1S/C41H41N3O9S/c42-30-23-13-14-24-31(30)43-41(54)44-36-35(53-40(48)29-21-11-4-12-22-29)34(52-39(47)28-19-9-3-10-20-28)33(51-38(46)27-17-7-2-8-18-27)32(50-36)25-49-37(45)26-15-5-1-6-16-26/h1-12,15-22,30-36H,13-14,23-25,42H2,(H2,43,44,54)/t30-,31-,32-,33-,34+,35-,36-/m1/s1. The zero-order valence-corrected chi connectivity index (χ0v) is 30.1. The van der Waals surface area contributed by atoms with Gasteiger partial charge in [-0.05, 0) is 73.6 Å². The normalized spacial score (nSPS) is 23.5. The van der Waals surface area contributed by atoms with Gasteiger partial charge in [0.1, 0.15) is 12.7 Å². The Morgan fingerprint density at radius 2 is 1.02 bits per heavy atom. The van der Waals surface area contributed by atoms with Crippen LogP contribution in [-0.2, 0) is 23.7 Å². The quantitative estimate of drug-likeness (QED) is 0.107. The Hall–Kier alpha value is -5.63. The number of nitrogens with two attached hydrogens (primary N) is 1. The molecule has 7 atom stereocenters. The van der Waals surface area contributed by atoms with Crippen LogP contribution in [0.15, 0.2) is 121 Å². The molecule has 1 saturated carbocycles. The first-order valence-electron chi connectivity index (χ1n) is 17.7. The lowest BCUT2D eigenvalue weighted by Crippen LogP contribution is -2.67. The molecule has 2 fully saturated rings. The molecule has 0 spiro atoms. The molecule has 13 heteroatoms. The first-order chi connectivity index (χ1) is 26.3. The Morgan fingerprint density at radius 3 is 1.50 bits per heavy atom. The van der Waals surface area contributed by atoms with Gasteiger partial charge in [0, 0.05) is 12.1 Å². The van der Waals surface area contributed by atoms with Gasteiger partial charge in [0.05, 0.1) is 22.3 Å². The van der Waals surface area contributed by atoms with Crippen LogP contribution in [0.5, 0.6) is 0 Å². The number of esters is 4. The molecule has 4 aromatic rings. The molecule has 1 aliphatic carbocycles. The summed E-state index contributed by atoms with van der Waals surface area (Å²) in [4.78, 5) is 54.4. The van der Waals surface area contributed by atoms with Gasteiger partial charge in [-0.25, -0.2) is 19.2 Å². The number of rotatable bonds is 11. The van der Waals surface area contributed by atoms with Crippen LogP contribution in [0, 0.1) is 0 Å². The molecule has 12 nitrogen and oxygen atoms in total. The van der Waals surface area contributed by atoms with E-state index in [1.165, 1.54) is 0 Å². The first-order valence-corrected chi connectivity index (χ1v) is 18.2. The summed E-state index contributed by atoms with van der Waals surface area (Å²) in [6, 6.07) is 32.6. The Bertz CT molecular complexity index is 1890. The van der Waals surface area contributed by atoms with Gasteiger partial charge >= 0.3 is 23.9 Å². The van der Waals surface area contributed by atoms with Crippen molar-refractivity contribution in [1.82, 2.24) is 10.6 Å². The summed E-state index contributed by atoms with van der Waals surface area (Å²) in [7, 11) is 0. The minimum absolute atomic E-state index is 0.135. The van der Waals surface area contributed by atoms with Crippen molar-refractivity contribution in [3.05, 3.63) is 144 Å². The fraction of sp³-hybridized carbons (Fsp3) is 0.293. The van der Waals surface area contributed by atoms with Gasteiger partial charge in [-0.2, -0.15) is 0 Å². The lowest BCUT2D eigenvalue weighted by atomic mass is 9.91. The van der Waals surface area contributed by atoms with Crippen LogP contribution in [0.25, 0.3) is 0 Å². The van der Waals surface area contributed by atoms with E-state index in [1.54, 1.807) is 121 Å². The average Bonchev–Trinajstić information content (AvgIpc) is 3.21. The number of hydrogen-bond donors (Lipinski definition) is 3. The molecule has 0 amide bonds. The maximum Gasteiger partial charge on any atom is 0.338 e. The minimum Gasteiger partial charge on any atom is -0.459 e. The Labute approximate surface area is 318 Å². The largest absolute Gasteiger partial charge is 0.459 e. The second-order valence-corrected chi connectivity index (χ2v) is 13.3. The van der Waals surface area contributed by atoms with E-state index in [2.05, 4.69) is 10.6 Å². The summed E-state index contributed by atoms with van der Waals surface area (Å²) in [6.07, 6.45) is -3.43. The van der Waals surface area contributed by atoms with Crippen molar-refractivity contribution in [2.75, 3.05) is 6.61 Å². The van der Waals surface area contributed by atoms with Crippen LogP contribution in [0.3, 0.4) is 0 Å². The number of nitrogens with one attached hydrogen (secondary N) is 2. The lowest BCUT2D eigenvalue weighted by Gasteiger charge is -2.45. The summed E-state index contributed by atoms with van der Waals surface area (Å²) in [5.41, 5.74) is 7.25. The molecule has 1 aliphatic heterocycles. The number of benzene rings is 4. The predicted octanol–water partition coefficient (Wildman–Crippen LogP) is 4.98. The van der Waals surface area contributed by atoms with Gasteiger partial charge < -0.3 is 40.1 Å². The van der Waals surface area contributed by atoms with Crippen LogP contribution in [0.2, 0.25) is 0 Å². The van der Waals surface area contributed by atoms with Gasteiger partial charge in [-0.1, -0.05) is 85.6 Å². The van der Waals surface area contributed by atoms with Crippen molar-refractivity contribution in [3.8, 4) is 0 Å². The maximum absolute atomic E-state index is 13.8. The lowest BCUT2D eigenvalue weighted by molar-refractivity contribution is -0.232. The van der Waals surface area contributed by atoms with Gasteiger partial charge in [0.15, 0.2) is 29.7 Å². The van der Waals surface area contributed by atoms with Crippen molar-refractivity contribution < 1.29 is 42.9 Å². The van der Waals surface area contributed by atoms with E-state index in [1.807, 2.05) is 0 Å². The van der Waals surface area contributed by atoms with E-state index in [9.17, 15) is 19.2 Å². The topological polar surface area (TPSA) is 165 Å². The number of hydrogen-bond acceptors (Lipinski definition) is 11. The monoisotopic (exact) mass is 751 g/mol. The zero-order valence-electron chi connectivity index (χ0n) is 29.3. The molecular weight excluding hydrogens is 711 g/mol. The Balaban J connectivity index is 1.38. The molecule has 280 valence electrons. The highest BCUT2D eigenvalue weighted by atomic mass is 32.1. The Morgan fingerprint density at radius 1 is 0.593 bits per heavy atom. The van der Waals surface area contributed by atoms with E-state index in [0.29, 0.717) is 0 Å². The van der Waals surface area contributed by atoms with Crippen LogP contribution in [0.4, 0.5) is 0 Å². The van der Waals surface area contributed by atoms with E-state index in [0.717, 1.165) is 25.7 Å². The fourth-order valence-corrected chi connectivity index (χ4v) is 6.63. The molecule has 54 heavy (non-hydrogen) atoms. The van der Waals surface area contributed by atoms with Crippen molar-refractivity contribution >= 4 is 41.2 Å². The van der Waals surface area contributed by atoms with E-state index in [4.69, 9.17) is 41.6 Å². The Kier molecular flexibility index (Phi) is 13.0. The molecule has 4 aromatic carbocycles. The SMILES string of the molecule is N[C@@H]1CCCC[C@H]1NC(=S)N[C@@H]1O[C@H](COC(=O)c2ccccc2)[C@@H](OC(=O)c2ccccc2)[C@H](OC(=O)c2ccccc2)[C@H]1OC(=O)c1ccccc1. The second-order valence-electron chi connectivity index (χ2n) is 12.9. The highest BCUT2D eigenvalue weighted by molar-refractivity contribution is 7.80. The molecule has 4 N–H and O–H groups in total. The number of ether oxygens (including phenoxy) is 5. The second kappa shape index (κ2) is 18.4. The number of carbonyl (C=O) groups excluding carboxylic acids is 4. The molecule has 0 unspecified atom stereocenters. The molecule has 0 radical (unpaired) electrons. The van der Waals surface area contributed by atoms with Crippen LogP contribution < -0.4 is 16.4 Å². The zero-order chi connectivity index (χ0) is 37.9. The average molecular weight is 752 g/mol. The minimum atomic E-state index is -1.51. The van der Waals surface area contributed by atoms with Crippen LogP contribution in [-0.4, -0.2) is 78.3 Å².